The Bertz CT molecular complexity index is 496. The molecule has 3 unspecified atom stereocenters. The van der Waals surface area contributed by atoms with Gasteiger partial charge in [-0.1, -0.05) is 0 Å². The zero-order valence-corrected chi connectivity index (χ0v) is 16.7. The maximum absolute atomic E-state index is 11.7. The number of thioether (sulfide) groups is 1. The largest absolute Gasteiger partial charge is 0.359 e. The Morgan fingerprint density at radius 3 is 2.42 bits per heavy atom. The normalized spacial score (nSPS) is 39.7. The minimum Gasteiger partial charge on any atom is -0.359 e. The van der Waals surface area contributed by atoms with Gasteiger partial charge >= 0.3 is 0 Å². The summed E-state index contributed by atoms with van der Waals surface area (Å²) < 4.78 is 29.8. The Hall–Kier alpha value is 0.220. The van der Waals surface area contributed by atoms with Crippen molar-refractivity contribution < 1.29 is 13.2 Å². The Morgan fingerprint density at radius 1 is 1.04 bits per heavy atom. The van der Waals surface area contributed by atoms with E-state index >= 15 is 0 Å². The first-order valence-corrected chi connectivity index (χ1v) is 12.7. The molecule has 3 rings (SSSR count). The predicted molar refractivity (Wildman–Crippen MR) is 101 cm³/mol. The van der Waals surface area contributed by atoms with E-state index < -0.39 is 9.84 Å². The number of hydrogen-bond acceptors (Lipinski definition) is 5. The van der Waals surface area contributed by atoms with Crippen LogP contribution in [0, 0.1) is 5.92 Å². The lowest BCUT2D eigenvalue weighted by Gasteiger charge is -2.40. The van der Waals surface area contributed by atoms with Crippen LogP contribution in [0.4, 0.5) is 0 Å². The molecular formula is C18H33NO3S2. The topological polar surface area (TPSA) is 55.4 Å². The second-order valence-corrected chi connectivity index (χ2v) is 11.6. The van der Waals surface area contributed by atoms with Crippen molar-refractivity contribution in [2.75, 3.05) is 12.0 Å². The van der Waals surface area contributed by atoms with Crippen LogP contribution in [0.5, 0.6) is 0 Å². The summed E-state index contributed by atoms with van der Waals surface area (Å²) in [6, 6.07) is 0.507. The van der Waals surface area contributed by atoms with Gasteiger partial charge in [0.05, 0.1) is 11.4 Å². The van der Waals surface area contributed by atoms with Gasteiger partial charge in [0.15, 0.2) is 0 Å². The first-order chi connectivity index (χ1) is 11.4. The van der Waals surface area contributed by atoms with Crippen LogP contribution >= 0.6 is 11.8 Å². The summed E-state index contributed by atoms with van der Waals surface area (Å²) in [5.74, 6) is 1.90. The van der Waals surface area contributed by atoms with E-state index in [-0.39, 0.29) is 11.5 Å². The standard InChI is InChI=1S/C18H33NO3S2/c1-13(17-6-4-12-23-17)22-18-7-3-5-16(19-18)14-8-10-15(11-9-14)24(2,20)21/h13-19H,3-12H2,1-2H3/t13-,14?,15?,16?,17?,18?/m0/s1. The van der Waals surface area contributed by atoms with Gasteiger partial charge in [-0.25, -0.2) is 8.42 Å². The maximum Gasteiger partial charge on any atom is 0.150 e. The van der Waals surface area contributed by atoms with E-state index in [1.807, 2.05) is 0 Å². The van der Waals surface area contributed by atoms with E-state index in [0.29, 0.717) is 23.3 Å². The average molecular weight is 376 g/mol. The van der Waals surface area contributed by atoms with Crippen molar-refractivity contribution in [1.29, 1.82) is 0 Å². The highest BCUT2D eigenvalue weighted by molar-refractivity contribution is 8.00. The van der Waals surface area contributed by atoms with Crippen molar-refractivity contribution in [1.82, 2.24) is 5.32 Å². The lowest BCUT2D eigenvalue weighted by atomic mass is 9.80. The summed E-state index contributed by atoms with van der Waals surface area (Å²) in [5.41, 5.74) is 0. The zero-order valence-electron chi connectivity index (χ0n) is 15.1. The number of rotatable bonds is 5. The molecule has 24 heavy (non-hydrogen) atoms. The fourth-order valence-corrected chi connectivity index (χ4v) is 7.08. The van der Waals surface area contributed by atoms with Crippen LogP contribution in [0.15, 0.2) is 0 Å². The van der Waals surface area contributed by atoms with Gasteiger partial charge in [-0.15, -0.1) is 0 Å². The van der Waals surface area contributed by atoms with E-state index in [9.17, 15) is 8.42 Å². The summed E-state index contributed by atoms with van der Waals surface area (Å²) in [6.07, 6.45) is 11.8. The van der Waals surface area contributed by atoms with Crippen molar-refractivity contribution in [3.63, 3.8) is 0 Å². The van der Waals surface area contributed by atoms with Crippen LogP contribution in [0.25, 0.3) is 0 Å². The molecule has 0 aromatic rings. The van der Waals surface area contributed by atoms with Gasteiger partial charge in [0.25, 0.3) is 0 Å². The SMILES string of the molecule is C[C@H](OC1CCCC(C2CCC(S(C)(=O)=O)CC2)N1)C1CCCS1. The molecule has 140 valence electrons. The van der Waals surface area contributed by atoms with Crippen molar-refractivity contribution in [2.45, 2.75) is 93.6 Å². The molecule has 2 heterocycles. The Balaban J connectivity index is 1.47. The molecule has 1 saturated carbocycles. The maximum atomic E-state index is 11.7. The fourth-order valence-electron chi connectivity index (χ4n) is 4.65. The van der Waals surface area contributed by atoms with E-state index in [1.54, 1.807) is 0 Å². The molecule has 4 atom stereocenters. The predicted octanol–water partition coefficient (Wildman–Crippen LogP) is 3.36. The van der Waals surface area contributed by atoms with E-state index in [4.69, 9.17) is 4.74 Å². The number of piperidine rings is 1. The van der Waals surface area contributed by atoms with Crippen molar-refractivity contribution in [3.05, 3.63) is 0 Å². The summed E-state index contributed by atoms with van der Waals surface area (Å²) in [5, 5.41) is 4.31. The van der Waals surface area contributed by atoms with Gasteiger partial charge in [0.1, 0.15) is 16.1 Å². The first-order valence-electron chi connectivity index (χ1n) is 9.65. The highest BCUT2D eigenvalue weighted by Gasteiger charge is 2.35. The monoisotopic (exact) mass is 375 g/mol. The quantitative estimate of drug-likeness (QED) is 0.798. The lowest BCUT2D eigenvalue weighted by Crippen LogP contribution is -2.50. The molecule has 2 aliphatic heterocycles. The zero-order chi connectivity index (χ0) is 17.2. The van der Waals surface area contributed by atoms with Gasteiger partial charge in [-0.3, -0.25) is 5.32 Å². The van der Waals surface area contributed by atoms with Gasteiger partial charge in [0, 0.05) is 17.5 Å². The molecule has 1 N–H and O–H groups in total. The molecule has 4 nitrogen and oxygen atoms in total. The fraction of sp³-hybridized carbons (Fsp3) is 1.00. The summed E-state index contributed by atoms with van der Waals surface area (Å²) in [6.45, 7) is 2.23. The van der Waals surface area contributed by atoms with Gasteiger partial charge in [-0.2, -0.15) is 11.8 Å². The molecule has 3 aliphatic rings. The van der Waals surface area contributed by atoms with Gasteiger partial charge in [0.2, 0.25) is 0 Å². The van der Waals surface area contributed by atoms with Crippen LogP contribution < -0.4 is 5.32 Å². The first kappa shape index (κ1) is 19.0. The van der Waals surface area contributed by atoms with Crippen LogP contribution in [-0.4, -0.2) is 49.3 Å². The summed E-state index contributed by atoms with van der Waals surface area (Å²) in [7, 11) is -2.86. The third kappa shape index (κ3) is 4.89. The minimum absolute atomic E-state index is 0.108. The number of ether oxygens (including phenoxy) is 1. The summed E-state index contributed by atoms with van der Waals surface area (Å²) >= 11 is 2.06. The molecule has 0 radical (unpaired) electrons. The van der Waals surface area contributed by atoms with Crippen molar-refractivity contribution in [3.8, 4) is 0 Å². The Morgan fingerprint density at radius 2 is 1.79 bits per heavy atom. The molecule has 3 fully saturated rings. The molecule has 6 heteroatoms. The highest BCUT2D eigenvalue weighted by Crippen LogP contribution is 2.35. The molecule has 0 spiro atoms. The second kappa shape index (κ2) is 8.28. The second-order valence-electron chi connectivity index (χ2n) is 7.95. The third-order valence-corrected chi connectivity index (χ3v) is 9.40. The lowest BCUT2D eigenvalue weighted by molar-refractivity contribution is -0.0508. The molecule has 0 bridgehead atoms. The van der Waals surface area contributed by atoms with E-state index in [0.717, 1.165) is 32.1 Å². The minimum atomic E-state index is -2.86. The van der Waals surface area contributed by atoms with Crippen LogP contribution in [-0.2, 0) is 14.6 Å². The number of hydrogen-bond donors (Lipinski definition) is 1. The van der Waals surface area contributed by atoms with Crippen molar-refractivity contribution in [2.24, 2.45) is 5.92 Å². The van der Waals surface area contributed by atoms with E-state index in [1.165, 1.54) is 37.7 Å². The van der Waals surface area contributed by atoms with Gasteiger partial charge < -0.3 is 4.74 Å². The smallest absolute Gasteiger partial charge is 0.150 e. The number of nitrogens with one attached hydrogen (secondary N) is 1. The van der Waals surface area contributed by atoms with Crippen LogP contribution in [0.1, 0.15) is 64.7 Å². The molecular weight excluding hydrogens is 342 g/mol. The molecule has 0 aromatic carbocycles. The Labute approximate surface area is 151 Å². The van der Waals surface area contributed by atoms with Crippen molar-refractivity contribution >= 4 is 21.6 Å². The molecule has 0 amide bonds. The highest BCUT2D eigenvalue weighted by atomic mass is 32.2. The molecule has 1 aliphatic carbocycles. The molecule has 0 aromatic heterocycles. The molecule has 2 saturated heterocycles. The average Bonchev–Trinajstić information content (AvgIpc) is 3.09. The summed E-state index contributed by atoms with van der Waals surface area (Å²) in [4.78, 5) is 0. The third-order valence-electron chi connectivity index (χ3n) is 6.14. The van der Waals surface area contributed by atoms with Crippen LogP contribution in [0.3, 0.4) is 0 Å². The van der Waals surface area contributed by atoms with E-state index in [2.05, 4.69) is 24.0 Å². The van der Waals surface area contributed by atoms with Gasteiger partial charge in [-0.05, 0) is 76.4 Å². The number of sulfone groups is 1. The Kier molecular flexibility index (Phi) is 6.55. The van der Waals surface area contributed by atoms with Crippen LogP contribution in [0.2, 0.25) is 0 Å².